The molecule has 1 aliphatic rings. The molecule has 0 saturated carbocycles. The van der Waals surface area contributed by atoms with Crippen molar-refractivity contribution in [1.29, 1.82) is 0 Å². The molecule has 22 heavy (non-hydrogen) atoms. The highest BCUT2D eigenvalue weighted by Crippen LogP contribution is 2.31. The zero-order valence-corrected chi connectivity index (χ0v) is 13.5. The van der Waals surface area contributed by atoms with Gasteiger partial charge in [-0.25, -0.2) is 18.5 Å². The Balaban J connectivity index is 1.85. The molecule has 1 saturated heterocycles. The number of amides is 1. The molecule has 1 aromatic heterocycles. The van der Waals surface area contributed by atoms with Gasteiger partial charge < -0.3 is 0 Å². The first-order chi connectivity index (χ1) is 10.3. The van der Waals surface area contributed by atoms with E-state index in [1.54, 1.807) is 0 Å². The van der Waals surface area contributed by atoms with Crippen LogP contribution < -0.4 is 10.0 Å². The second-order valence-corrected chi connectivity index (χ2v) is 7.98. The number of carbonyl (C=O) groups excluding carboxylic acids is 1. The summed E-state index contributed by atoms with van der Waals surface area (Å²) >= 11 is 1.32. The number of sulfonamides is 1. The Morgan fingerprint density at radius 2 is 2.00 bits per heavy atom. The second-order valence-electron chi connectivity index (χ2n) is 5.30. The van der Waals surface area contributed by atoms with E-state index >= 15 is 0 Å². The first-order valence-electron chi connectivity index (χ1n) is 6.69. The Bertz CT molecular complexity index is 812. The SMILES string of the molecule is Cc1ccc(-c2csc(N3CC(S(N)(=O)=O)CC3=O)n2)cc1. The van der Waals surface area contributed by atoms with Crippen LogP contribution in [0.4, 0.5) is 5.13 Å². The normalized spacial score (nSPS) is 18.9. The summed E-state index contributed by atoms with van der Waals surface area (Å²) in [7, 11) is -3.71. The lowest BCUT2D eigenvalue weighted by molar-refractivity contribution is -0.117. The minimum absolute atomic E-state index is 0.0680. The number of nitrogens with zero attached hydrogens (tertiary/aromatic N) is 2. The van der Waals surface area contributed by atoms with E-state index in [0.717, 1.165) is 16.8 Å². The lowest BCUT2D eigenvalue weighted by Crippen LogP contribution is -2.32. The van der Waals surface area contributed by atoms with E-state index in [1.807, 2.05) is 36.6 Å². The summed E-state index contributed by atoms with van der Waals surface area (Å²) in [6.07, 6.45) is -0.0850. The van der Waals surface area contributed by atoms with Crippen LogP contribution in [0.25, 0.3) is 11.3 Å². The molecule has 2 heterocycles. The van der Waals surface area contributed by atoms with Crippen molar-refractivity contribution < 1.29 is 13.2 Å². The van der Waals surface area contributed by atoms with Crippen LogP contribution in [0.5, 0.6) is 0 Å². The first kappa shape index (κ1) is 15.1. The molecular weight excluding hydrogens is 322 g/mol. The van der Waals surface area contributed by atoms with Crippen molar-refractivity contribution in [1.82, 2.24) is 4.98 Å². The van der Waals surface area contributed by atoms with Gasteiger partial charge in [-0.3, -0.25) is 9.69 Å². The highest BCUT2D eigenvalue weighted by atomic mass is 32.2. The molecule has 2 N–H and O–H groups in total. The van der Waals surface area contributed by atoms with Crippen LogP contribution in [0.15, 0.2) is 29.6 Å². The molecule has 1 aromatic carbocycles. The van der Waals surface area contributed by atoms with Gasteiger partial charge >= 0.3 is 0 Å². The Kier molecular flexibility index (Phi) is 3.75. The fraction of sp³-hybridized carbons (Fsp3) is 0.286. The molecule has 0 aliphatic carbocycles. The fourth-order valence-corrected chi connectivity index (χ4v) is 3.92. The summed E-state index contributed by atoms with van der Waals surface area (Å²) in [5.74, 6) is -0.260. The second kappa shape index (κ2) is 5.45. The molecule has 8 heteroatoms. The van der Waals surface area contributed by atoms with E-state index in [-0.39, 0.29) is 18.9 Å². The highest BCUT2D eigenvalue weighted by molar-refractivity contribution is 7.89. The molecule has 2 aromatic rings. The maximum absolute atomic E-state index is 12.0. The van der Waals surface area contributed by atoms with Gasteiger partial charge in [0.1, 0.15) is 5.25 Å². The lowest BCUT2D eigenvalue weighted by Gasteiger charge is -2.11. The molecule has 0 radical (unpaired) electrons. The van der Waals surface area contributed by atoms with Crippen molar-refractivity contribution in [3.05, 3.63) is 35.2 Å². The van der Waals surface area contributed by atoms with Crippen LogP contribution in [-0.4, -0.2) is 31.1 Å². The Labute approximate surface area is 132 Å². The van der Waals surface area contributed by atoms with E-state index in [1.165, 1.54) is 16.2 Å². The quantitative estimate of drug-likeness (QED) is 0.919. The average Bonchev–Trinajstić information content (AvgIpc) is 3.05. The van der Waals surface area contributed by atoms with Gasteiger partial charge in [0.2, 0.25) is 15.9 Å². The summed E-state index contributed by atoms with van der Waals surface area (Å²) < 4.78 is 22.8. The zero-order chi connectivity index (χ0) is 15.9. The van der Waals surface area contributed by atoms with Gasteiger partial charge in [0.15, 0.2) is 5.13 Å². The van der Waals surface area contributed by atoms with E-state index < -0.39 is 15.3 Å². The molecule has 6 nitrogen and oxygen atoms in total. The third kappa shape index (κ3) is 2.90. The number of rotatable bonds is 3. The summed E-state index contributed by atoms with van der Waals surface area (Å²) in [6.45, 7) is 2.07. The van der Waals surface area contributed by atoms with Crippen molar-refractivity contribution in [2.24, 2.45) is 5.14 Å². The number of aryl methyl sites for hydroxylation is 1. The van der Waals surface area contributed by atoms with Crippen molar-refractivity contribution >= 4 is 32.4 Å². The van der Waals surface area contributed by atoms with Crippen molar-refractivity contribution in [2.45, 2.75) is 18.6 Å². The van der Waals surface area contributed by atoms with Crippen LogP contribution in [0, 0.1) is 6.92 Å². The van der Waals surface area contributed by atoms with Crippen LogP contribution in [-0.2, 0) is 14.8 Å². The monoisotopic (exact) mass is 337 g/mol. The average molecular weight is 337 g/mol. The first-order valence-corrected chi connectivity index (χ1v) is 9.18. The van der Waals surface area contributed by atoms with E-state index in [9.17, 15) is 13.2 Å². The van der Waals surface area contributed by atoms with E-state index in [2.05, 4.69) is 4.98 Å². The largest absolute Gasteiger partial charge is 0.287 e. The standard InChI is InChI=1S/C14H15N3O3S2/c1-9-2-4-10(5-3-9)12-8-21-14(16-12)17-7-11(6-13(17)18)22(15,19)20/h2-5,8,11H,6-7H2,1H3,(H2,15,19,20). The minimum Gasteiger partial charge on any atom is -0.287 e. The molecular formula is C14H15N3O3S2. The van der Waals surface area contributed by atoms with Crippen molar-refractivity contribution in [3.63, 3.8) is 0 Å². The smallest absolute Gasteiger partial charge is 0.230 e. The number of anilines is 1. The number of aromatic nitrogens is 1. The topological polar surface area (TPSA) is 93.4 Å². The van der Waals surface area contributed by atoms with Gasteiger partial charge in [-0.05, 0) is 6.92 Å². The number of nitrogens with two attached hydrogens (primary N) is 1. The van der Waals surface area contributed by atoms with Gasteiger partial charge in [-0.1, -0.05) is 29.8 Å². The summed E-state index contributed by atoms with van der Waals surface area (Å²) in [4.78, 5) is 17.8. The van der Waals surface area contributed by atoms with Crippen molar-refractivity contribution in [3.8, 4) is 11.3 Å². The highest BCUT2D eigenvalue weighted by Gasteiger charge is 2.38. The Hall–Kier alpha value is -1.77. The molecule has 0 bridgehead atoms. The summed E-state index contributed by atoms with van der Waals surface area (Å²) in [5, 5.41) is 6.64. The van der Waals surface area contributed by atoms with Gasteiger partial charge in [-0.15, -0.1) is 11.3 Å². The van der Waals surface area contributed by atoms with E-state index in [0.29, 0.717) is 5.13 Å². The minimum atomic E-state index is -3.71. The molecule has 3 rings (SSSR count). The third-order valence-electron chi connectivity index (χ3n) is 3.62. The van der Waals surface area contributed by atoms with E-state index in [4.69, 9.17) is 5.14 Å². The van der Waals surface area contributed by atoms with Gasteiger partial charge in [0.25, 0.3) is 0 Å². The summed E-state index contributed by atoms with van der Waals surface area (Å²) in [6, 6.07) is 7.92. The molecule has 1 aliphatic heterocycles. The predicted molar refractivity (Wildman–Crippen MR) is 86.2 cm³/mol. The molecule has 1 unspecified atom stereocenters. The number of benzene rings is 1. The molecule has 0 spiro atoms. The molecule has 1 fully saturated rings. The molecule has 1 amide bonds. The van der Waals surface area contributed by atoms with Crippen LogP contribution in [0.1, 0.15) is 12.0 Å². The number of thiazole rings is 1. The Morgan fingerprint density at radius 1 is 1.32 bits per heavy atom. The number of primary sulfonamides is 1. The Morgan fingerprint density at radius 3 is 2.59 bits per heavy atom. The predicted octanol–water partition coefficient (Wildman–Crippen LogP) is 1.51. The number of hydrogen-bond donors (Lipinski definition) is 1. The lowest BCUT2D eigenvalue weighted by atomic mass is 10.1. The number of hydrogen-bond acceptors (Lipinski definition) is 5. The van der Waals surface area contributed by atoms with Gasteiger partial charge in [0, 0.05) is 23.9 Å². The van der Waals surface area contributed by atoms with Gasteiger partial charge in [-0.2, -0.15) is 0 Å². The summed E-state index contributed by atoms with van der Waals surface area (Å²) in [5.41, 5.74) is 2.89. The fourth-order valence-electron chi connectivity index (χ4n) is 2.32. The molecule has 116 valence electrons. The maximum atomic E-state index is 12.0. The number of carbonyl (C=O) groups is 1. The molecule has 1 atom stereocenters. The maximum Gasteiger partial charge on any atom is 0.230 e. The zero-order valence-electron chi connectivity index (χ0n) is 11.9. The van der Waals surface area contributed by atoms with Crippen LogP contribution >= 0.6 is 11.3 Å². The van der Waals surface area contributed by atoms with Crippen LogP contribution in [0.2, 0.25) is 0 Å². The third-order valence-corrected chi connectivity index (χ3v) is 5.73. The van der Waals surface area contributed by atoms with Gasteiger partial charge in [0.05, 0.1) is 5.69 Å². The van der Waals surface area contributed by atoms with Crippen LogP contribution in [0.3, 0.4) is 0 Å². The van der Waals surface area contributed by atoms with Crippen molar-refractivity contribution in [2.75, 3.05) is 11.4 Å².